The molecule has 1 aromatic carbocycles. The summed E-state index contributed by atoms with van der Waals surface area (Å²) in [6, 6.07) is 9.63. The van der Waals surface area contributed by atoms with Crippen molar-refractivity contribution in [2.24, 2.45) is 5.73 Å². The van der Waals surface area contributed by atoms with E-state index in [9.17, 15) is 5.11 Å². The molecule has 26 heavy (non-hydrogen) atoms. The minimum atomic E-state index is -0.781. The molecular weight excluding hydrogens is 350 g/mol. The Morgan fingerprint density at radius 2 is 1.81 bits per heavy atom. The number of benzene rings is 1. The molecule has 1 saturated heterocycles. The van der Waals surface area contributed by atoms with Crippen molar-refractivity contribution >= 4 is 11.8 Å². The van der Waals surface area contributed by atoms with E-state index in [-0.39, 0.29) is 5.44 Å². The fourth-order valence-corrected chi connectivity index (χ4v) is 3.93. The highest BCUT2D eigenvalue weighted by molar-refractivity contribution is 7.99. The van der Waals surface area contributed by atoms with Crippen LogP contribution in [0.3, 0.4) is 0 Å². The fraction of sp³-hybridized carbons (Fsp3) is 0.700. The molecule has 5 nitrogen and oxygen atoms in total. The standard InChI is InChI=1S/C20H33NO4S/c1-3-5-12-23-14-16-18(22)19(24-13-6-4-2)17(21)20(25-16)26-15-10-8-7-9-11-15/h7-11,16-20,22H,3-6,12-14,21H2,1-2H3/t16?,17?,18-,19?,20+/m1/s1. The Bertz CT molecular complexity index is 490. The lowest BCUT2D eigenvalue weighted by Crippen LogP contribution is -2.62. The van der Waals surface area contributed by atoms with Crippen LogP contribution in [-0.4, -0.2) is 54.7 Å². The summed E-state index contributed by atoms with van der Waals surface area (Å²) in [6.07, 6.45) is 2.41. The Hall–Kier alpha value is -0.630. The van der Waals surface area contributed by atoms with Crippen molar-refractivity contribution in [1.82, 2.24) is 0 Å². The highest BCUT2D eigenvalue weighted by Gasteiger charge is 2.44. The molecular formula is C20H33NO4S. The van der Waals surface area contributed by atoms with Gasteiger partial charge in [0.25, 0.3) is 0 Å². The smallest absolute Gasteiger partial charge is 0.126 e. The second kappa shape index (κ2) is 12.0. The predicted octanol–water partition coefficient (Wildman–Crippen LogP) is 3.19. The third-order valence-corrected chi connectivity index (χ3v) is 5.65. The monoisotopic (exact) mass is 383 g/mol. The molecule has 1 aromatic rings. The SMILES string of the molecule is CCCCOCC1O[C@@H](Sc2ccccc2)C(N)C(OCCCC)[C@@H]1O. The number of aliphatic hydroxyl groups is 1. The summed E-state index contributed by atoms with van der Waals surface area (Å²) in [5.41, 5.74) is 6.13. The number of aliphatic hydroxyl groups excluding tert-OH is 1. The first-order valence-corrected chi connectivity index (χ1v) is 10.6. The lowest BCUT2D eigenvalue weighted by atomic mass is 9.98. The normalized spacial score (nSPS) is 29.0. The van der Waals surface area contributed by atoms with Crippen molar-refractivity contribution in [3.8, 4) is 0 Å². The molecule has 5 atom stereocenters. The van der Waals surface area contributed by atoms with Crippen molar-refractivity contribution < 1.29 is 19.3 Å². The van der Waals surface area contributed by atoms with Gasteiger partial charge in [0.15, 0.2) is 0 Å². The molecule has 0 spiro atoms. The molecule has 2 rings (SSSR count). The molecule has 1 fully saturated rings. The first kappa shape index (κ1) is 21.7. The van der Waals surface area contributed by atoms with E-state index >= 15 is 0 Å². The van der Waals surface area contributed by atoms with E-state index in [4.69, 9.17) is 19.9 Å². The summed E-state index contributed by atoms with van der Waals surface area (Å²) in [7, 11) is 0. The van der Waals surface area contributed by atoms with Gasteiger partial charge in [-0.25, -0.2) is 0 Å². The summed E-state index contributed by atoms with van der Waals surface area (Å²) >= 11 is 1.57. The first-order valence-electron chi connectivity index (χ1n) is 9.67. The Morgan fingerprint density at radius 1 is 1.12 bits per heavy atom. The third-order valence-electron chi connectivity index (χ3n) is 4.45. The molecule has 6 heteroatoms. The van der Waals surface area contributed by atoms with Gasteiger partial charge in [0.05, 0.1) is 12.6 Å². The Kier molecular flexibility index (Phi) is 9.96. The summed E-state index contributed by atoms with van der Waals surface area (Å²) in [6.45, 7) is 5.86. The van der Waals surface area contributed by atoms with Gasteiger partial charge in [0.2, 0.25) is 0 Å². The Labute approximate surface area is 161 Å². The fourth-order valence-electron chi connectivity index (χ4n) is 2.83. The zero-order chi connectivity index (χ0) is 18.8. The van der Waals surface area contributed by atoms with Crippen LogP contribution in [0.1, 0.15) is 39.5 Å². The maximum atomic E-state index is 10.7. The van der Waals surface area contributed by atoms with Crippen molar-refractivity contribution in [2.45, 2.75) is 74.2 Å². The van der Waals surface area contributed by atoms with Crippen LogP contribution in [0.5, 0.6) is 0 Å². The summed E-state index contributed by atoms with van der Waals surface area (Å²) in [5, 5.41) is 10.7. The van der Waals surface area contributed by atoms with Crippen molar-refractivity contribution in [2.75, 3.05) is 19.8 Å². The highest BCUT2D eigenvalue weighted by atomic mass is 32.2. The zero-order valence-electron chi connectivity index (χ0n) is 15.9. The van der Waals surface area contributed by atoms with Gasteiger partial charge < -0.3 is 25.1 Å². The number of nitrogens with two attached hydrogens (primary N) is 1. The van der Waals surface area contributed by atoms with Gasteiger partial charge in [-0.15, -0.1) is 0 Å². The molecule has 0 aliphatic carbocycles. The van der Waals surface area contributed by atoms with Gasteiger partial charge >= 0.3 is 0 Å². The molecule has 0 amide bonds. The second-order valence-electron chi connectivity index (χ2n) is 6.66. The number of unbranched alkanes of at least 4 members (excludes halogenated alkanes) is 2. The van der Waals surface area contributed by atoms with Gasteiger partial charge in [0, 0.05) is 18.1 Å². The Balaban J connectivity index is 2.02. The van der Waals surface area contributed by atoms with Crippen LogP contribution in [0, 0.1) is 0 Å². The number of ether oxygens (including phenoxy) is 3. The molecule has 0 bridgehead atoms. The van der Waals surface area contributed by atoms with Crippen LogP contribution >= 0.6 is 11.8 Å². The van der Waals surface area contributed by atoms with E-state index in [1.54, 1.807) is 11.8 Å². The van der Waals surface area contributed by atoms with Gasteiger partial charge in [-0.05, 0) is 25.0 Å². The largest absolute Gasteiger partial charge is 0.388 e. The van der Waals surface area contributed by atoms with Crippen molar-refractivity contribution in [3.63, 3.8) is 0 Å². The third kappa shape index (κ3) is 6.51. The van der Waals surface area contributed by atoms with Crippen LogP contribution in [0.2, 0.25) is 0 Å². The molecule has 3 unspecified atom stereocenters. The van der Waals surface area contributed by atoms with E-state index in [0.29, 0.717) is 19.8 Å². The zero-order valence-corrected chi connectivity index (χ0v) is 16.7. The second-order valence-corrected chi connectivity index (χ2v) is 7.83. The quantitative estimate of drug-likeness (QED) is 0.572. The van der Waals surface area contributed by atoms with Crippen LogP contribution in [0.25, 0.3) is 0 Å². The summed E-state index contributed by atoms with van der Waals surface area (Å²) in [4.78, 5) is 1.09. The van der Waals surface area contributed by atoms with Gasteiger partial charge in [-0.3, -0.25) is 0 Å². The lowest BCUT2D eigenvalue weighted by molar-refractivity contribution is -0.187. The van der Waals surface area contributed by atoms with Crippen molar-refractivity contribution in [1.29, 1.82) is 0 Å². The van der Waals surface area contributed by atoms with Crippen LogP contribution in [0.4, 0.5) is 0 Å². The minimum absolute atomic E-state index is 0.285. The minimum Gasteiger partial charge on any atom is -0.388 e. The summed E-state index contributed by atoms with van der Waals surface area (Å²) < 4.78 is 17.8. The van der Waals surface area contributed by atoms with Crippen LogP contribution in [-0.2, 0) is 14.2 Å². The molecule has 148 valence electrons. The van der Waals surface area contributed by atoms with E-state index in [0.717, 1.165) is 30.6 Å². The predicted molar refractivity (Wildman–Crippen MR) is 105 cm³/mol. The molecule has 0 aromatic heterocycles. The number of hydrogen-bond acceptors (Lipinski definition) is 6. The van der Waals surface area contributed by atoms with Crippen molar-refractivity contribution in [3.05, 3.63) is 30.3 Å². The van der Waals surface area contributed by atoms with Gasteiger partial charge in [0.1, 0.15) is 23.7 Å². The van der Waals surface area contributed by atoms with Gasteiger partial charge in [-0.2, -0.15) is 0 Å². The van der Waals surface area contributed by atoms with E-state index in [1.807, 2.05) is 30.3 Å². The van der Waals surface area contributed by atoms with E-state index < -0.39 is 24.4 Å². The molecule has 0 saturated carbocycles. The maximum Gasteiger partial charge on any atom is 0.126 e. The molecule has 1 heterocycles. The van der Waals surface area contributed by atoms with E-state index in [2.05, 4.69) is 13.8 Å². The topological polar surface area (TPSA) is 73.9 Å². The average molecular weight is 384 g/mol. The number of hydrogen-bond donors (Lipinski definition) is 2. The molecule has 0 radical (unpaired) electrons. The van der Waals surface area contributed by atoms with E-state index in [1.165, 1.54) is 0 Å². The maximum absolute atomic E-state index is 10.7. The molecule has 3 N–H and O–H groups in total. The van der Waals surface area contributed by atoms with Crippen LogP contribution in [0.15, 0.2) is 35.2 Å². The number of rotatable bonds is 11. The number of thioether (sulfide) groups is 1. The van der Waals surface area contributed by atoms with Crippen LogP contribution < -0.4 is 5.73 Å². The van der Waals surface area contributed by atoms with Gasteiger partial charge in [-0.1, -0.05) is 56.7 Å². The first-order chi connectivity index (χ1) is 12.7. The highest BCUT2D eigenvalue weighted by Crippen LogP contribution is 2.33. The lowest BCUT2D eigenvalue weighted by Gasteiger charge is -2.43. The average Bonchev–Trinajstić information content (AvgIpc) is 2.66. The molecule has 1 aliphatic heterocycles. The molecule has 1 aliphatic rings. The summed E-state index contributed by atoms with van der Waals surface area (Å²) in [5.74, 6) is 0. The Morgan fingerprint density at radius 3 is 2.50 bits per heavy atom.